The Kier molecular flexibility index (Phi) is 6.21. The first-order chi connectivity index (χ1) is 13.5. The molecule has 29 heavy (non-hydrogen) atoms. The maximum absolute atomic E-state index is 15.9. The van der Waals surface area contributed by atoms with E-state index in [1.807, 2.05) is 35.7 Å². The number of alkyl halides is 2. The number of hydrogen-bond acceptors (Lipinski definition) is 5. The summed E-state index contributed by atoms with van der Waals surface area (Å²) in [5.41, 5.74) is 8.14. The topological polar surface area (TPSA) is 97.9 Å². The third-order valence-electron chi connectivity index (χ3n) is 5.70. The van der Waals surface area contributed by atoms with Crippen molar-refractivity contribution in [1.29, 1.82) is 0 Å². The van der Waals surface area contributed by atoms with E-state index in [1.54, 1.807) is 16.8 Å². The minimum atomic E-state index is -2.39. The average Bonchev–Trinajstić information content (AvgIpc) is 3.17. The number of hydrogen-bond donors (Lipinski definition) is 0. The third-order valence-corrected chi connectivity index (χ3v) is 11.5. The highest BCUT2D eigenvalue weighted by atomic mass is 127. The Bertz CT molecular complexity index is 963. The second kappa shape index (κ2) is 7.93. The van der Waals surface area contributed by atoms with Gasteiger partial charge in [0.2, 0.25) is 0 Å². The first-order valence-electron chi connectivity index (χ1n) is 9.06. The Balaban J connectivity index is 2.08. The average molecular weight is 553 g/mol. The number of halogens is 3. The van der Waals surface area contributed by atoms with Gasteiger partial charge in [0.25, 0.3) is 0 Å². The van der Waals surface area contributed by atoms with Crippen LogP contribution < -0.4 is 0 Å². The lowest BCUT2D eigenvalue weighted by Gasteiger charge is -2.41. The molecule has 2 aromatic heterocycles. The zero-order chi connectivity index (χ0) is 21.6. The van der Waals surface area contributed by atoms with Crippen molar-refractivity contribution in [1.82, 2.24) is 14.5 Å². The van der Waals surface area contributed by atoms with Gasteiger partial charge in [-0.3, -0.25) is 0 Å². The summed E-state index contributed by atoms with van der Waals surface area (Å²) >= 11 is 8.16. The molecule has 12 heteroatoms. The molecule has 158 valence electrons. The van der Waals surface area contributed by atoms with Crippen LogP contribution >= 0.6 is 34.2 Å². The number of nitrogens with zero attached hydrogens (tertiary/aromatic N) is 6. The molecular formula is C17H23ClFIN6O2Si. The molecule has 0 spiro atoms. The molecule has 1 fully saturated rings. The molecule has 0 amide bonds. The van der Waals surface area contributed by atoms with E-state index in [-0.39, 0.29) is 14.6 Å². The van der Waals surface area contributed by atoms with E-state index in [4.69, 9.17) is 20.8 Å². The first kappa shape index (κ1) is 22.7. The van der Waals surface area contributed by atoms with Gasteiger partial charge >= 0.3 is 0 Å². The fraction of sp³-hybridized carbons (Fsp3) is 0.647. The van der Waals surface area contributed by atoms with Gasteiger partial charge in [-0.25, -0.2) is 14.4 Å². The number of rotatable bonds is 5. The van der Waals surface area contributed by atoms with Gasteiger partial charge in [-0.05, 0) is 29.7 Å². The molecule has 0 aromatic carbocycles. The maximum Gasteiger partial charge on any atom is 0.192 e. The lowest BCUT2D eigenvalue weighted by molar-refractivity contribution is -0.0783. The second-order valence-electron chi connectivity index (χ2n) is 8.54. The lowest BCUT2D eigenvalue weighted by atomic mass is 10.1. The number of azide groups is 1. The van der Waals surface area contributed by atoms with Crippen LogP contribution in [0.15, 0.2) is 23.7 Å². The molecule has 0 radical (unpaired) electrons. The highest BCUT2D eigenvalue weighted by Gasteiger charge is 2.59. The van der Waals surface area contributed by atoms with Crippen LogP contribution in [0.5, 0.6) is 0 Å². The van der Waals surface area contributed by atoms with Crippen LogP contribution in [-0.4, -0.2) is 45.3 Å². The molecule has 8 nitrogen and oxygen atoms in total. The normalized spacial score (nSPS) is 27.9. The van der Waals surface area contributed by atoms with Crippen LogP contribution in [0.3, 0.4) is 0 Å². The molecule has 4 atom stereocenters. The van der Waals surface area contributed by atoms with Gasteiger partial charge in [-0.15, -0.1) is 0 Å². The van der Waals surface area contributed by atoms with E-state index in [1.165, 1.54) is 6.33 Å². The monoisotopic (exact) mass is 552 g/mol. The largest absolute Gasteiger partial charge is 0.408 e. The van der Waals surface area contributed by atoms with Crippen molar-refractivity contribution in [3.05, 3.63) is 34.2 Å². The van der Waals surface area contributed by atoms with Crippen LogP contribution in [0.25, 0.3) is 21.5 Å². The zero-order valence-electron chi connectivity index (χ0n) is 16.8. The highest BCUT2D eigenvalue weighted by molar-refractivity contribution is 14.1. The molecule has 0 bridgehead atoms. The zero-order valence-corrected chi connectivity index (χ0v) is 20.7. The van der Waals surface area contributed by atoms with E-state index >= 15 is 4.39 Å². The molecule has 1 aliphatic heterocycles. The SMILES string of the molecule is CC(C)(C)[Si](C)(C)O[C@H]1[C@H](F)[C@H](n2ccc3c(Cl)ncnc32)O[C@@]1(CI)N=[N+]=[N-]. The minimum absolute atomic E-state index is 0.154. The van der Waals surface area contributed by atoms with Crippen LogP contribution in [0.4, 0.5) is 4.39 Å². The maximum atomic E-state index is 15.9. The highest BCUT2D eigenvalue weighted by Crippen LogP contribution is 2.48. The van der Waals surface area contributed by atoms with Crippen LogP contribution in [-0.2, 0) is 9.16 Å². The van der Waals surface area contributed by atoms with E-state index < -0.39 is 32.5 Å². The van der Waals surface area contributed by atoms with E-state index in [9.17, 15) is 5.53 Å². The summed E-state index contributed by atoms with van der Waals surface area (Å²) < 4.78 is 30.1. The van der Waals surface area contributed by atoms with Gasteiger partial charge in [0.05, 0.1) is 5.39 Å². The Labute approximate surface area is 188 Å². The van der Waals surface area contributed by atoms with Crippen molar-refractivity contribution in [3.8, 4) is 0 Å². The van der Waals surface area contributed by atoms with Crippen molar-refractivity contribution in [2.45, 2.75) is 63.1 Å². The van der Waals surface area contributed by atoms with Gasteiger partial charge in [0.15, 0.2) is 26.4 Å². The molecule has 3 rings (SSSR count). The summed E-state index contributed by atoms with van der Waals surface area (Å²) in [6.45, 7) is 10.3. The quantitative estimate of drug-likeness (QED) is 0.0892. The number of ether oxygens (including phenoxy) is 1. The van der Waals surface area contributed by atoms with Crippen molar-refractivity contribution < 1.29 is 13.6 Å². The van der Waals surface area contributed by atoms with Crippen molar-refractivity contribution in [2.24, 2.45) is 5.11 Å². The molecular weight excluding hydrogens is 530 g/mol. The predicted molar refractivity (Wildman–Crippen MR) is 120 cm³/mol. The van der Waals surface area contributed by atoms with Crippen molar-refractivity contribution in [2.75, 3.05) is 4.43 Å². The van der Waals surface area contributed by atoms with E-state index in [0.717, 1.165) is 0 Å². The standard InChI is InChI=1S/C17H23ClFIN6O2Si/c1-16(2,3)29(4,5)28-12-11(19)15(27-17(12,8-20)24-25-21)26-7-6-10-13(18)22-9-23-14(10)26/h6-7,9,11-12,15H,8H2,1-5H3/t11-,12-,15+,17+/m0/s1. The molecule has 0 N–H and O–H groups in total. The molecule has 1 saturated heterocycles. The summed E-state index contributed by atoms with van der Waals surface area (Å²) in [6, 6.07) is 1.70. The summed E-state index contributed by atoms with van der Waals surface area (Å²) in [5.74, 6) is 0. The Morgan fingerprint density at radius 1 is 1.48 bits per heavy atom. The molecule has 1 aliphatic rings. The predicted octanol–water partition coefficient (Wildman–Crippen LogP) is 5.78. The van der Waals surface area contributed by atoms with Crippen LogP contribution in [0.2, 0.25) is 23.3 Å². The second-order valence-corrected chi connectivity index (χ2v) is 14.4. The molecule has 0 saturated carbocycles. The first-order valence-corrected chi connectivity index (χ1v) is 13.9. The van der Waals surface area contributed by atoms with Crippen LogP contribution in [0, 0.1) is 0 Å². The van der Waals surface area contributed by atoms with Crippen molar-refractivity contribution in [3.63, 3.8) is 0 Å². The van der Waals surface area contributed by atoms with Gasteiger partial charge in [0, 0.05) is 15.5 Å². The Morgan fingerprint density at radius 2 is 2.17 bits per heavy atom. The molecule has 3 heterocycles. The molecule has 2 aromatic rings. The number of aromatic nitrogens is 3. The van der Waals surface area contributed by atoms with E-state index in [2.05, 4.69) is 40.8 Å². The summed E-state index contributed by atoms with van der Waals surface area (Å²) in [7, 11) is -2.39. The molecule has 0 aliphatic carbocycles. The minimum Gasteiger partial charge on any atom is -0.408 e. The van der Waals surface area contributed by atoms with Gasteiger partial charge in [0.1, 0.15) is 23.2 Å². The fourth-order valence-electron chi connectivity index (χ4n) is 3.04. The summed E-state index contributed by atoms with van der Waals surface area (Å²) in [5, 5.41) is 4.57. The van der Waals surface area contributed by atoms with Gasteiger partial charge < -0.3 is 13.7 Å². The Morgan fingerprint density at radius 3 is 2.76 bits per heavy atom. The van der Waals surface area contributed by atoms with Gasteiger partial charge in [-0.2, -0.15) is 0 Å². The smallest absolute Gasteiger partial charge is 0.192 e. The van der Waals surface area contributed by atoms with Crippen molar-refractivity contribution >= 4 is 53.5 Å². The van der Waals surface area contributed by atoms with E-state index in [0.29, 0.717) is 11.0 Å². The lowest BCUT2D eigenvalue weighted by Crippen LogP contribution is -2.53. The van der Waals surface area contributed by atoms with Crippen LogP contribution in [0.1, 0.15) is 27.0 Å². The summed E-state index contributed by atoms with van der Waals surface area (Å²) in [6.07, 6.45) is -0.741. The van der Waals surface area contributed by atoms with Gasteiger partial charge in [-0.1, -0.05) is 60.1 Å². The molecule has 0 unspecified atom stereocenters. The Hall–Kier alpha value is -0.983. The number of fused-ring (bicyclic) bond motifs is 1. The summed E-state index contributed by atoms with van der Waals surface area (Å²) in [4.78, 5) is 11.1. The third kappa shape index (κ3) is 3.88. The fourth-order valence-corrected chi connectivity index (χ4v) is 5.30.